The highest BCUT2D eigenvalue weighted by atomic mass is 35.5. The topological polar surface area (TPSA) is 73.1 Å². The van der Waals surface area contributed by atoms with Gasteiger partial charge in [0.25, 0.3) is 0 Å². The van der Waals surface area contributed by atoms with Crippen LogP contribution < -0.4 is 4.90 Å². The summed E-state index contributed by atoms with van der Waals surface area (Å²) in [5.41, 5.74) is 3.91. The predicted molar refractivity (Wildman–Crippen MR) is 153 cm³/mol. The van der Waals surface area contributed by atoms with Crippen molar-refractivity contribution < 1.29 is 9.18 Å². The fourth-order valence-corrected chi connectivity index (χ4v) is 5.38. The number of anilines is 1. The zero-order chi connectivity index (χ0) is 27.5. The van der Waals surface area contributed by atoms with E-state index in [0.29, 0.717) is 54.2 Å². The van der Waals surface area contributed by atoms with Crippen LogP contribution in [0.2, 0.25) is 5.02 Å². The lowest BCUT2D eigenvalue weighted by Gasteiger charge is -2.35. The van der Waals surface area contributed by atoms with Gasteiger partial charge in [-0.1, -0.05) is 67.9 Å². The maximum atomic E-state index is 14.9. The Hall–Kier alpha value is -4.28. The van der Waals surface area contributed by atoms with Crippen LogP contribution in [0.1, 0.15) is 24.6 Å². The minimum atomic E-state index is -0.433. The van der Waals surface area contributed by atoms with E-state index in [4.69, 9.17) is 21.6 Å². The van der Waals surface area contributed by atoms with Crippen LogP contribution in [0.5, 0.6) is 0 Å². The zero-order valence-electron chi connectivity index (χ0n) is 21.6. The highest BCUT2D eigenvalue weighted by Crippen LogP contribution is 2.41. The molecule has 0 bridgehead atoms. The van der Waals surface area contributed by atoms with Gasteiger partial charge in [0.2, 0.25) is 5.91 Å². The number of carbonyl (C=O) groups excluding carboxylic acids is 1. The van der Waals surface area contributed by atoms with E-state index >= 15 is 0 Å². The van der Waals surface area contributed by atoms with Crippen molar-refractivity contribution in [1.82, 2.24) is 14.9 Å². The molecule has 1 saturated heterocycles. The molecule has 196 valence electrons. The molecule has 0 aliphatic carbocycles. The number of aryl methyl sites for hydroxylation is 1. The van der Waals surface area contributed by atoms with E-state index in [1.165, 1.54) is 12.1 Å². The quantitative estimate of drug-likeness (QED) is 0.264. The molecule has 5 rings (SSSR count). The van der Waals surface area contributed by atoms with Crippen molar-refractivity contribution >= 4 is 34.2 Å². The van der Waals surface area contributed by atoms with Crippen molar-refractivity contribution in [3.8, 4) is 28.5 Å². The molecule has 39 heavy (non-hydrogen) atoms. The van der Waals surface area contributed by atoms with Crippen molar-refractivity contribution in [1.29, 1.82) is 5.26 Å². The highest BCUT2D eigenvalue weighted by molar-refractivity contribution is 6.34. The molecule has 2 aromatic heterocycles. The standard InChI is InChI=1S/C31H27ClFN5O/c1-3-9-20-10-5-6-11-21(20)28-26(19-34)35-31(38-16-14-37(15-17-38)27(39)4-2)23-18-24(32)29(36-30(23)28)22-12-7-8-13-25(22)33/h4-8,10-13,18H,2-3,9,14-17H2,1H3. The summed E-state index contributed by atoms with van der Waals surface area (Å²) in [5.74, 6) is 0.0164. The largest absolute Gasteiger partial charge is 0.352 e. The Morgan fingerprint density at radius 2 is 1.79 bits per heavy atom. The van der Waals surface area contributed by atoms with Crippen molar-refractivity contribution in [2.75, 3.05) is 31.1 Å². The lowest BCUT2D eigenvalue weighted by Crippen LogP contribution is -2.48. The van der Waals surface area contributed by atoms with Crippen LogP contribution >= 0.6 is 11.6 Å². The van der Waals surface area contributed by atoms with Crippen molar-refractivity contribution in [3.05, 3.63) is 89.3 Å². The van der Waals surface area contributed by atoms with E-state index in [1.54, 1.807) is 29.2 Å². The van der Waals surface area contributed by atoms with E-state index in [0.717, 1.165) is 24.0 Å². The molecule has 0 atom stereocenters. The lowest BCUT2D eigenvalue weighted by atomic mass is 9.93. The third-order valence-corrected chi connectivity index (χ3v) is 7.30. The van der Waals surface area contributed by atoms with Gasteiger partial charge in [-0.3, -0.25) is 4.79 Å². The second-order valence-corrected chi connectivity index (χ2v) is 9.80. The molecule has 0 unspecified atom stereocenters. The second-order valence-electron chi connectivity index (χ2n) is 9.39. The molecule has 2 aromatic carbocycles. The normalized spacial score (nSPS) is 13.4. The number of nitriles is 1. The Morgan fingerprint density at radius 1 is 1.10 bits per heavy atom. The second kappa shape index (κ2) is 11.2. The van der Waals surface area contributed by atoms with Gasteiger partial charge in [-0.15, -0.1) is 0 Å². The number of hydrogen-bond donors (Lipinski definition) is 0. The molecule has 1 amide bonds. The number of piperazine rings is 1. The molecule has 0 spiro atoms. The number of nitrogens with zero attached hydrogens (tertiary/aromatic N) is 5. The summed E-state index contributed by atoms with van der Waals surface area (Å²) in [7, 11) is 0. The molecule has 8 heteroatoms. The number of rotatable bonds is 6. The fraction of sp³-hybridized carbons (Fsp3) is 0.226. The predicted octanol–water partition coefficient (Wildman–Crippen LogP) is 6.42. The van der Waals surface area contributed by atoms with Gasteiger partial charge in [0, 0.05) is 42.7 Å². The van der Waals surface area contributed by atoms with Crippen LogP contribution in [-0.2, 0) is 11.2 Å². The first kappa shape index (κ1) is 26.3. The summed E-state index contributed by atoms with van der Waals surface area (Å²) in [6, 6.07) is 18.4. The van der Waals surface area contributed by atoms with Gasteiger partial charge < -0.3 is 9.80 Å². The molecule has 0 radical (unpaired) electrons. The third kappa shape index (κ3) is 4.96. The van der Waals surface area contributed by atoms with E-state index in [2.05, 4.69) is 19.6 Å². The first-order valence-electron chi connectivity index (χ1n) is 12.9. The molecule has 4 aromatic rings. The monoisotopic (exact) mass is 539 g/mol. The summed E-state index contributed by atoms with van der Waals surface area (Å²) in [6.07, 6.45) is 3.06. The lowest BCUT2D eigenvalue weighted by molar-refractivity contribution is -0.126. The fourth-order valence-electron chi connectivity index (χ4n) is 5.12. The van der Waals surface area contributed by atoms with Gasteiger partial charge in [0.05, 0.1) is 16.2 Å². The maximum absolute atomic E-state index is 14.9. The molecule has 0 N–H and O–H groups in total. The van der Waals surface area contributed by atoms with E-state index < -0.39 is 5.82 Å². The molecule has 1 aliphatic rings. The minimum Gasteiger partial charge on any atom is -0.352 e. The van der Waals surface area contributed by atoms with Crippen LogP contribution in [-0.4, -0.2) is 47.0 Å². The summed E-state index contributed by atoms with van der Waals surface area (Å²) < 4.78 is 14.9. The Labute approximate surface area is 232 Å². The van der Waals surface area contributed by atoms with Gasteiger partial charge in [0.15, 0.2) is 5.69 Å². The molecule has 1 fully saturated rings. The minimum absolute atomic E-state index is 0.118. The number of aromatic nitrogens is 2. The number of halogens is 2. The Morgan fingerprint density at radius 3 is 2.46 bits per heavy atom. The van der Waals surface area contributed by atoms with E-state index in [1.807, 2.05) is 29.2 Å². The smallest absolute Gasteiger partial charge is 0.246 e. The van der Waals surface area contributed by atoms with Gasteiger partial charge in [-0.2, -0.15) is 5.26 Å². The zero-order valence-corrected chi connectivity index (χ0v) is 22.4. The number of benzene rings is 2. The van der Waals surface area contributed by atoms with Crippen molar-refractivity contribution in [3.63, 3.8) is 0 Å². The molecule has 3 heterocycles. The SMILES string of the molecule is C=CC(=O)N1CCN(c2nc(C#N)c(-c3ccccc3CCC)c3nc(-c4ccccc4F)c(Cl)cc23)CC1. The van der Waals surface area contributed by atoms with Crippen LogP contribution in [0, 0.1) is 17.1 Å². The number of fused-ring (bicyclic) bond motifs is 1. The number of carbonyl (C=O) groups is 1. The van der Waals surface area contributed by atoms with Gasteiger partial charge in [-0.05, 0) is 41.8 Å². The first-order chi connectivity index (χ1) is 19.0. The van der Waals surface area contributed by atoms with Gasteiger partial charge in [-0.25, -0.2) is 14.4 Å². The highest BCUT2D eigenvalue weighted by Gasteiger charge is 2.27. The van der Waals surface area contributed by atoms with Crippen LogP contribution in [0.4, 0.5) is 10.2 Å². The van der Waals surface area contributed by atoms with Crippen molar-refractivity contribution in [2.24, 2.45) is 0 Å². The first-order valence-corrected chi connectivity index (χ1v) is 13.3. The average molecular weight is 540 g/mol. The average Bonchev–Trinajstić information content (AvgIpc) is 2.97. The van der Waals surface area contributed by atoms with Gasteiger partial charge in [0.1, 0.15) is 17.7 Å². The van der Waals surface area contributed by atoms with Gasteiger partial charge >= 0.3 is 0 Å². The van der Waals surface area contributed by atoms with Crippen LogP contribution in [0.25, 0.3) is 33.3 Å². The van der Waals surface area contributed by atoms with E-state index in [-0.39, 0.29) is 22.2 Å². The summed E-state index contributed by atoms with van der Waals surface area (Å²) >= 11 is 6.75. The Balaban J connectivity index is 1.78. The molecule has 0 saturated carbocycles. The maximum Gasteiger partial charge on any atom is 0.246 e. The number of hydrogen-bond acceptors (Lipinski definition) is 5. The summed E-state index contributed by atoms with van der Waals surface area (Å²) in [4.78, 5) is 25.7. The molecule has 6 nitrogen and oxygen atoms in total. The Bertz CT molecular complexity index is 1620. The number of pyridine rings is 2. The van der Waals surface area contributed by atoms with E-state index in [9.17, 15) is 14.4 Å². The van der Waals surface area contributed by atoms with Crippen LogP contribution in [0.3, 0.4) is 0 Å². The third-order valence-electron chi connectivity index (χ3n) is 7.01. The van der Waals surface area contributed by atoms with Crippen LogP contribution in [0.15, 0.2) is 67.3 Å². The molecular weight excluding hydrogens is 513 g/mol. The van der Waals surface area contributed by atoms with Crippen molar-refractivity contribution in [2.45, 2.75) is 19.8 Å². The Kier molecular flexibility index (Phi) is 7.58. The molecule has 1 aliphatic heterocycles. The summed E-state index contributed by atoms with van der Waals surface area (Å²) in [5, 5.41) is 11.3. The number of amides is 1. The summed E-state index contributed by atoms with van der Waals surface area (Å²) in [6.45, 7) is 7.71. The molecular formula is C31H27ClFN5O.